The van der Waals surface area contributed by atoms with Crippen molar-refractivity contribution in [1.29, 1.82) is 5.26 Å². The highest BCUT2D eigenvalue weighted by atomic mass is 16.5. The summed E-state index contributed by atoms with van der Waals surface area (Å²) in [6.45, 7) is 0. The van der Waals surface area contributed by atoms with Crippen LogP contribution in [0.4, 0.5) is 0 Å². The molecule has 0 fully saturated rings. The zero-order chi connectivity index (χ0) is 12.0. The normalized spacial score (nSPS) is 8.50. The van der Waals surface area contributed by atoms with Crippen LogP contribution in [0, 0.1) is 23.2 Å². The van der Waals surface area contributed by atoms with Crippen molar-refractivity contribution >= 4 is 6.29 Å². The number of methoxy groups -OCH3 is 1. The second-order valence-corrected chi connectivity index (χ2v) is 2.86. The highest BCUT2D eigenvalue weighted by Gasteiger charge is 2.08. The lowest BCUT2D eigenvalue weighted by Gasteiger charge is -2.05. The molecular weight excluding hydrogens is 206 g/mol. The quantitative estimate of drug-likeness (QED) is 0.594. The molecule has 0 spiro atoms. The highest BCUT2D eigenvalue weighted by molar-refractivity contribution is 5.60. The van der Waals surface area contributed by atoms with Gasteiger partial charge < -0.3 is 14.6 Å². The van der Waals surface area contributed by atoms with E-state index in [4.69, 9.17) is 10.00 Å². The zero-order valence-electron chi connectivity index (χ0n) is 8.65. The molecule has 1 aromatic carbocycles. The van der Waals surface area contributed by atoms with Crippen LogP contribution in [0.25, 0.3) is 0 Å². The number of carbonyl (C=O) groups is 1. The molecule has 0 bridgehead atoms. The Kier molecular flexibility index (Phi) is 3.94. The van der Waals surface area contributed by atoms with Crippen molar-refractivity contribution in [2.75, 3.05) is 7.11 Å². The lowest BCUT2D eigenvalue weighted by atomic mass is 10.1. The van der Waals surface area contributed by atoms with Gasteiger partial charge in [-0.3, -0.25) is 0 Å². The molecule has 0 aliphatic heterocycles. The van der Waals surface area contributed by atoms with Gasteiger partial charge in [0, 0.05) is 6.07 Å². The summed E-state index contributed by atoms with van der Waals surface area (Å²) in [5.74, 6) is 5.22. The second kappa shape index (κ2) is 5.43. The number of rotatable bonds is 2. The molecule has 0 heterocycles. The van der Waals surface area contributed by atoms with Crippen LogP contribution in [0.2, 0.25) is 0 Å². The van der Waals surface area contributed by atoms with E-state index in [2.05, 4.69) is 11.8 Å². The number of aldehydes is 1. The topological polar surface area (TPSA) is 70.3 Å². The maximum Gasteiger partial charge on any atom is 0.173 e. The summed E-state index contributed by atoms with van der Waals surface area (Å²) in [7, 11) is 1.39. The van der Waals surface area contributed by atoms with Crippen molar-refractivity contribution in [2.45, 2.75) is 6.42 Å². The smallest absolute Gasteiger partial charge is 0.173 e. The Morgan fingerprint density at radius 2 is 2.31 bits per heavy atom. The van der Waals surface area contributed by atoms with Gasteiger partial charge in [0.05, 0.1) is 30.7 Å². The van der Waals surface area contributed by atoms with E-state index in [1.165, 1.54) is 19.2 Å². The van der Waals surface area contributed by atoms with E-state index in [9.17, 15) is 9.90 Å². The molecule has 0 saturated heterocycles. The third kappa shape index (κ3) is 2.52. The molecule has 4 heteroatoms. The molecule has 4 nitrogen and oxygen atoms in total. The Morgan fingerprint density at radius 1 is 1.56 bits per heavy atom. The number of nitrogens with zero attached hydrogens (tertiary/aromatic N) is 1. The fourth-order valence-corrected chi connectivity index (χ4v) is 1.11. The van der Waals surface area contributed by atoms with E-state index in [1.54, 1.807) is 0 Å². The first kappa shape index (κ1) is 11.6. The molecule has 0 atom stereocenters. The number of nitriles is 1. The molecular formula is C12H9NO3. The number of hydrogen-bond acceptors (Lipinski definition) is 4. The third-order valence-electron chi connectivity index (χ3n) is 1.83. The predicted molar refractivity (Wildman–Crippen MR) is 56.9 cm³/mol. The van der Waals surface area contributed by atoms with Crippen LogP contribution in [0.1, 0.15) is 17.5 Å². The van der Waals surface area contributed by atoms with Gasteiger partial charge in [-0.1, -0.05) is 11.8 Å². The van der Waals surface area contributed by atoms with E-state index in [-0.39, 0.29) is 23.5 Å². The first-order valence-corrected chi connectivity index (χ1v) is 4.46. The van der Waals surface area contributed by atoms with Gasteiger partial charge >= 0.3 is 0 Å². The number of phenolic OH excluding ortho intramolecular Hbond substituents is 1. The molecule has 0 radical (unpaired) electrons. The third-order valence-corrected chi connectivity index (χ3v) is 1.83. The van der Waals surface area contributed by atoms with Crippen LogP contribution in [-0.4, -0.2) is 18.5 Å². The number of aromatic hydroxyl groups is 1. The van der Waals surface area contributed by atoms with Gasteiger partial charge in [0.15, 0.2) is 11.5 Å². The van der Waals surface area contributed by atoms with Gasteiger partial charge in [-0.25, -0.2) is 0 Å². The van der Waals surface area contributed by atoms with Crippen molar-refractivity contribution < 1.29 is 14.6 Å². The number of benzene rings is 1. The molecule has 0 aromatic heterocycles. The minimum Gasteiger partial charge on any atom is -0.503 e. The number of ether oxygens (including phenoxy) is 1. The van der Waals surface area contributed by atoms with Crippen LogP contribution < -0.4 is 4.74 Å². The molecule has 0 amide bonds. The number of carbonyl (C=O) groups excluding carboxylic acids is 1. The Labute approximate surface area is 93.1 Å². The lowest BCUT2D eigenvalue weighted by molar-refractivity contribution is -0.107. The fraction of sp³-hybridized carbons (Fsp3) is 0.167. The molecule has 0 saturated carbocycles. The Bertz CT molecular complexity index is 503. The van der Waals surface area contributed by atoms with E-state index >= 15 is 0 Å². The molecule has 1 N–H and O–H groups in total. The van der Waals surface area contributed by atoms with Gasteiger partial charge in [0.25, 0.3) is 0 Å². The van der Waals surface area contributed by atoms with Crippen LogP contribution in [0.5, 0.6) is 11.5 Å². The molecule has 80 valence electrons. The van der Waals surface area contributed by atoms with Crippen molar-refractivity contribution in [2.24, 2.45) is 0 Å². The van der Waals surface area contributed by atoms with E-state index in [0.29, 0.717) is 11.8 Å². The zero-order valence-corrected chi connectivity index (χ0v) is 8.65. The second-order valence-electron chi connectivity index (χ2n) is 2.86. The predicted octanol–water partition coefficient (Wildman–Crippen LogP) is 1.21. The average molecular weight is 215 g/mol. The van der Waals surface area contributed by atoms with E-state index in [0.717, 1.165) is 0 Å². The van der Waals surface area contributed by atoms with Crippen molar-refractivity contribution in [3.8, 4) is 29.4 Å². The first-order valence-electron chi connectivity index (χ1n) is 4.46. The standard InChI is InChI=1S/C12H9NO3/c1-16-11-7-9(8-13)6-10(12(11)15)4-2-3-5-14/h5-7,15H,3H2,1H3. The first-order chi connectivity index (χ1) is 7.72. The lowest BCUT2D eigenvalue weighted by Crippen LogP contribution is -1.89. The van der Waals surface area contributed by atoms with E-state index < -0.39 is 0 Å². The maximum atomic E-state index is 10.1. The average Bonchev–Trinajstić information content (AvgIpc) is 2.31. The minimum atomic E-state index is -0.125. The Balaban J connectivity index is 3.23. The van der Waals surface area contributed by atoms with Gasteiger partial charge in [-0.2, -0.15) is 5.26 Å². The summed E-state index contributed by atoms with van der Waals surface area (Å²) in [4.78, 5) is 10.1. The van der Waals surface area contributed by atoms with Gasteiger partial charge in [0.1, 0.15) is 6.29 Å². The number of hydrogen-bond donors (Lipinski definition) is 1. The molecule has 0 aliphatic carbocycles. The SMILES string of the molecule is COc1cc(C#N)cc(C#CCC=O)c1O. The monoisotopic (exact) mass is 215 g/mol. The molecule has 0 aliphatic rings. The van der Waals surface area contributed by atoms with Crippen LogP contribution in [-0.2, 0) is 4.79 Å². The summed E-state index contributed by atoms with van der Waals surface area (Å²) in [6.07, 6.45) is 0.744. The minimum absolute atomic E-state index is 0.0819. The van der Waals surface area contributed by atoms with Crippen LogP contribution >= 0.6 is 0 Å². The van der Waals surface area contributed by atoms with Gasteiger partial charge in [-0.05, 0) is 6.07 Å². The van der Waals surface area contributed by atoms with Crippen molar-refractivity contribution in [1.82, 2.24) is 0 Å². The molecule has 1 aromatic rings. The molecule has 1 rings (SSSR count). The summed E-state index contributed by atoms with van der Waals surface area (Å²) in [5.41, 5.74) is 0.614. The Morgan fingerprint density at radius 3 is 2.88 bits per heavy atom. The number of phenols is 1. The fourth-order valence-electron chi connectivity index (χ4n) is 1.11. The van der Waals surface area contributed by atoms with Gasteiger partial charge in [-0.15, -0.1) is 0 Å². The maximum absolute atomic E-state index is 10.1. The largest absolute Gasteiger partial charge is 0.503 e. The van der Waals surface area contributed by atoms with Crippen molar-refractivity contribution in [3.63, 3.8) is 0 Å². The molecule has 16 heavy (non-hydrogen) atoms. The van der Waals surface area contributed by atoms with E-state index in [1.807, 2.05) is 6.07 Å². The summed E-state index contributed by atoms with van der Waals surface area (Å²) in [5, 5.41) is 18.4. The van der Waals surface area contributed by atoms with Crippen molar-refractivity contribution in [3.05, 3.63) is 23.3 Å². The van der Waals surface area contributed by atoms with Crippen LogP contribution in [0.15, 0.2) is 12.1 Å². The van der Waals surface area contributed by atoms with Gasteiger partial charge in [0.2, 0.25) is 0 Å². The Hall–Kier alpha value is -2.46. The summed E-state index contributed by atoms with van der Waals surface area (Å²) in [6, 6.07) is 4.79. The highest BCUT2D eigenvalue weighted by Crippen LogP contribution is 2.30. The summed E-state index contributed by atoms with van der Waals surface area (Å²) < 4.78 is 4.90. The van der Waals surface area contributed by atoms with Crippen LogP contribution in [0.3, 0.4) is 0 Å². The molecule has 0 unspecified atom stereocenters. The summed E-state index contributed by atoms with van der Waals surface area (Å²) >= 11 is 0.